The number of pyridine rings is 1. The first-order chi connectivity index (χ1) is 13.3. The van der Waals surface area contributed by atoms with Gasteiger partial charge in [0.15, 0.2) is 0 Å². The second kappa shape index (κ2) is 8.14. The zero-order chi connectivity index (χ0) is 18.5. The molecular weight excluding hydrogens is 340 g/mol. The number of H-pyrrole nitrogens is 1. The summed E-state index contributed by atoms with van der Waals surface area (Å²) in [5.74, 6) is 1.75. The standard InChI is InChI=1S/C21H22N4O2/c26-20-12-19(23-15-24-20)17-8-10-25(11-9-17)14-16-6-7-21(22-13-16)27-18-4-2-1-3-5-18/h1-7,12-13,15,17H,8-11,14H2,(H,23,24,26). The van der Waals surface area contributed by atoms with Crippen LogP contribution >= 0.6 is 0 Å². The number of nitrogens with zero attached hydrogens (tertiary/aromatic N) is 3. The summed E-state index contributed by atoms with van der Waals surface area (Å²) in [6, 6.07) is 15.3. The molecule has 1 aromatic carbocycles. The summed E-state index contributed by atoms with van der Waals surface area (Å²) in [5.41, 5.74) is 2.00. The van der Waals surface area contributed by atoms with Gasteiger partial charge in [0, 0.05) is 30.8 Å². The van der Waals surface area contributed by atoms with E-state index in [0.29, 0.717) is 11.8 Å². The Hall–Kier alpha value is -2.99. The van der Waals surface area contributed by atoms with Crippen molar-refractivity contribution < 1.29 is 4.74 Å². The first-order valence-corrected chi connectivity index (χ1v) is 9.21. The van der Waals surface area contributed by atoms with E-state index < -0.39 is 0 Å². The molecule has 1 aliphatic rings. The molecule has 0 saturated carbocycles. The average Bonchev–Trinajstić information content (AvgIpc) is 2.71. The minimum atomic E-state index is -0.0775. The van der Waals surface area contributed by atoms with Crippen LogP contribution in [0.25, 0.3) is 0 Å². The monoisotopic (exact) mass is 362 g/mol. The Morgan fingerprint density at radius 2 is 1.89 bits per heavy atom. The molecule has 6 nitrogen and oxygen atoms in total. The van der Waals surface area contributed by atoms with Gasteiger partial charge in [-0.15, -0.1) is 0 Å². The Bertz CT molecular complexity index is 917. The SMILES string of the molecule is O=c1cc(C2CCN(Cc3ccc(Oc4ccccc4)nc3)CC2)nc[nH]1. The molecule has 2 aromatic heterocycles. The van der Waals surface area contributed by atoms with Crippen LogP contribution in [0.5, 0.6) is 11.6 Å². The number of para-hydroxylation sites is 1. The van der Waals surface area contributed by atoms with Gasteiger partial charge < -0.3 is 9.72 Å². The van der Waals surface area contributed by atoms with Crippen molar-refractivity contribution in [2.75, 3.05) is 13.1 Å². The molecule has 0 unspecified atom stereocenters. The number of benzene rings is 1. The second-order valence-electron chi connectivity index (χ2n) is 6.81. The summed E-state index contributed by atoms with van der Waals surface area (Å²) in [7, 11) is 0. The van der Waals surface area contributed by atoms with E-state index >= 15 is 0 Å². The van der Waals surface area contributed by atoms with Crippen LogP contribution in [0.4, 0.5) is 0 Å². The largest absolute Gasteiger partial charge is 0.439 e. The van der Waals surface area contributed by atoms with Crippen LogP contribution in [0.3, 0.4) is 0 Å². The zero-order valence-electron chi connectivity index (χ0n) is 15.0. The van der Waals surface area contributed by atoms with E-state index in [1.54, 1.807) is 6.07 Å². The molecule has 3 aromatic rings. The van der Waals surface area contributed by atoms with Crippen molar-refractivity contribution >= 4 is 0 Å². The third kappa shape index (κ3) is 4.60. The van der Waals surface area contributed by atoms with Gasteiger partial charge in [0.05, 0.1) is 12.0 Å². The van der Waals surface area contributed by atoms with Crippen molar-refractivity contribution in [2.45, 2.75) is 25.3 Å². The number of aromatic nitrogens is 3. The molecule has 1 aliphatic heterocycles. The molecule has 0 aliphatic carbocycles. The fourth-order valence-corrected chi connectivity index (χ4v) is 3.43. The summed E-state index contributed by atoms with van der Waals surface area (Å²) in [6.07, 6.45) is 5.40. The van der Waals surface area contributed by atoms with Crippen molar-refractivity contribution in [1.29, 1.82) is 0 Å². The number of hydrogen-bond acceptors (Lipinski definition) is 5. The first-order valence-electron chi connectivity index (χ1n) is 9.21. The molecule has 27 heavy (non-hydrogen) atoms. The van der Waals surface area contributed by atoms with Gasteiger partial charge >= 0.3 is 0 Å². The Morgan fingerprint density at radius 3 is 2.59 bits per heavy atom. The number of nitrogens with one attached hydrogen (secondary N) is 1. The zero-order valence-corrected chi connectivity index (χ0v) is 15.0. The van der Waals surface area contributed by atoms with Crippen LogP contribution in [0.1, 0.15) is 30.0 Å². The van der Waals surface area contributed by atoms with Crippen LogP contribution < -0.4 is 10.3 Å². The van der Waals surface area contributed by atoms with Gasteiger partial charge in [-0.05, 0) is 43.6 Å². The summed E-state index contributed by atoms with van der Waals surface area (Å²) in [5, 5.41) is 0. The van der Waals surface area contributed by atoms with Gasteiger partial charge in [-0.1, -0.05) is 24.3 Å². The number of likely N-dealkylation sites (tertiary alicyclic amines) is 1. The van der Waals surface area contributed by atoms with Crippen molar-refractivity contribution in [3.8, 4) is 11.6 Å². The molecule has 0 atom stereocenters. The molecule has 3 heterocycles. The minimum absolute atomic E-state index is 0.0775. The van der Waals surface area contributed by atoms with E-state index in [4.69, 9.17) is 4.74 Å². The molecule has 0 amide bonds. The maximum Gasteiger partial charge on any atom is 0.250 e. The van der Waals surface area contributed by atoms with Gasteiger partial charge in [-0.25, -0.2) is 9.97 Å². The Morgan fingerprint density at radius 1 is 1.07 bits per heavy atom. The Kier molecular flexibility index (Phi) is 5.25. The lowest BCUT2D eigenvalue weighted by molar-refractivity contribution is 0.203. The maximum absolute atomic E-state index is 11.5. The minimum Gasteiger partial charge on any atom is -0.439 e. The summed E-state index contributed by atoms with van der Waals surface area (Å²) in [4.78, 5) is 25.2. The maximum atomic E-state index is 11.5. The highest BCUT2D eigenvalue weighted by molar-refractivity contribution is 5.27. The van der Waals surface area contributed by atoms with E-state index in [1.165, 1.54) is 11.9 Å². The molecular formula is C21H22N4O2. The molecule has 1 saturated heterocycles. The normalized spacial score (nSPS) is 15.6. The van der Waals surface area contributed by atoms with E-state index in [-0.39, 0.29) is 5.56 Å². The molecule has 0 bridgehead atoms. The molecule has 4 rings (SSSR count). The summed E-state index contributed by atoms with van der Waals surface area (Å²) in [6.45, 7) is 2.84. The lowest BCUT2D eigenvalue weighted by Crippen LogP contribution is -2.33. The van der Waals surface area contributed by atoms with E-state index in [0.717, 1.165) is 43.9 Å². The number of hydrogen-bond donors (Lipinski definition) is 1. The first kappa shape index (κ1) is 17.4. The highest BCUT2D eigenvalue weighted by Crippen LogP contribution is 2.26. The highest BCUT2D eigenvalue weighted by Gasteiger charge is 2.21. The van der Waals surface area contributed by atoms with Crippen LogP contribution in [0.15, 0.2) is 65.8 Å². The van der Waals surface area contributed by atoms with Crippen LogP contribution in [0.2, 0.25) is 0 Å². The Balaban J connectivity index is 1.30. The summed E-state index contributed by atoms with van der Waals surface area (Å²) < 4.78 is 5.74. The molecule has 1 fully saturated rings. The third-order valence-corrected chi connectivity index (χ3v) is 4.87. The van der Waals surface area contributed by atoms with Gasteiger partial charge in [-0.2, -0.15) is 0 Å². The smallest absolute Gasteiger partial charge is 0.250 e. The van der Waals surface area contributed by atoms with E-state index in [9.17, 15) is 4.79 Å². The van der Waals surface area contributed by atoms with Crippen molar-refractivity contribution in [3.05, 3.63) is 82.7 Å². The fraction of sp³-hybridized carbons (Fsp3) is 0.286. The number of aromatic amines is 1. The second-order valence-corrected chi connectivity index (χ2v) is 6.81. The van der Waals surface area contributed by atoms with E-state index in [1.807, 2.05) is 42.6 Å². The molecule has 0 spiro atoms. The van der Waals surface area contributed by atoms with Gasteiger partial charge in [0.25, 0.3) is 5.56 Å². The van der Waals surface area contributed by atoms with Crippen molar-refractivity contribution in [2.24, 2.45) is 0 Å². The van der Waals surface area contributed by atoms with Gasteiger partial charge in [-0.3, -0.25) is 9.69 Å². The average molecular weight is 362 g/mol. The van der Waals surface area contributed by atoms with Gasteiger partial charge in [0.2, 0.25) is 5.88 Å². The number of rotatable bonds is 5. The predicted molar refractivity (Wildman–Crippen MR) is 103 cm³/mol. The molecule has 6 heteroatoms. The van der Waals surface area contributed by atoms with Crippen LogP contribution in [0, 0.1) is 0 Å². The fourth-order valence-electron chi connectivity index (χ4n) is 3.43. The number of piperidine rings is 1. The third-order valence-electron chi connectivity index (χ3n) is 4.87. The highest BCUT2D eigenvalue weighted by atomic mass is 16.5. The lowest BCUT2D eigenvalue weighted by atomic mass is 9.93. The Labute approximate surface area is 157 Å². The summed E-state index contributed by atoms with van der Waals surface area (Å²) >= 11 is 0. The van der Waals surface area contributed by atoms with Gasteiger partial charge in [0.1, 0.15) is 5.75 Å². The topological polar surface area (TPSA) is 71.1 Å². The van der Waals surface area contributed by atoms with Crippen LogP contribution in [-0.2, 0) is 6.54 Å². The lowest BCUT2D eigenvalue weighted by Gasteiger charge is -2.31. The number of ether oxygens (including phenoxy) is 1. The molecule has 1 N–H and O–H groups in total. The quantitative estimate of drug-likeness (QED) is 0.754. The van der Waals surface area contributed by atoms with Crippen molar-refractivity contribution in [1.82, 2.24) is 19.9 Å². The predicted octanol–water partition coefficient (Wildman–Crippen LogP) is 3.34. The molecule has 0 radical (unpaired) electrons. The van der Waals surface area contributed by atoms with E-state index in [2.05, 4.69) is 25.9 Å². The van der Waals surface area contributed by atoms with Crippen molar-refractivity contribution in [3.63, 3.8) is 0 Å². The molecule has 138 valence electrons. The van der Waals surface area contributed by atoms with Crippen LogP contribution in [-0.4, -0.2) is 32.9 Å².